The Balaban J connectivity index is 1.53. The highest BCUT2D eigenvalue weighted by molar-refractivity contribution is 9.10. The van der Waals surface area contributed by atoms with E-state index in [0.717, 1.165) is 22.3 Å². The molecule has 0 fully saturated rings. The molecule has 5 aromatic rings. The number of hydrogen-bond donors (Lipinski definition) is 2. The largest absolute Gasteiger partial charge is 0.497 e. The van der Waals surface area contributed by atoms with E-state index >= 15 is 0 Å². The van der Waals surface area contributed by atoms with Gasteiger partial charge in [-0.3, -0.25) is 9.48 Å². The summed E-state index contributed by atoms with van der Waals surface area (Å²) in [4.78, 5) is 21.1. The molecule has 2 heterocycles. The van der Waals surface area contributed by atoms with Gasteiger partial charge in [-0.05, 0) is 64.0 Å². The van der Waals surface area contributed by atoms with Gasteiger partial charge in [0.15, 0.2) is 11.6 Å². The van der Waals surface area contributed by atoms with E-state index in [1.54, 1.807) is 30.0 Å². The molecule has 8 nitrogen and oxygen atoms in total. The topological polar surface area (TPSA) is 94.1 Å². The number of nitrogens with one attached hydrogen (secondary N) is 2. The minimum atomic E-state index is -0.356. The number of anilines is 1. The summed E-state index contributed by atoms with van der Waals surface area (Å²) in [7, 11) is 3.15. The molecule has 1 amide bonds. The van der Waals surface area contributed by atoms with Gasteiger partial charge in [0.05, 0.1) is 41.3 Å². The molecule has 2 aromatic heterocycles. The molecule has 0 spiro atoms. The predicted molar refractivity (Wildman–Crippen MR) is 143 cm³/mol. The summed E-state index contributed by atoms with van der Waals surface area (Å²) < 4.78 is 12.8. The fourth-order valence-electron chi connectivity index (χ4n) is 3.82. The van der Waals surface area contributed by atoms with Crippen LogP contribution < -0.4 is 14.8 Å². The average Bonchev–Trinajstić information content (AvgIpc) is 3.44. The van der Waals surface area contributed by atoms with Crippen molar-refractivity contribution >= 4 is 50.3 Å². The van der Waals surface area contributed by atoms with E-state index in [4.69, 9.17) is 31.2 Å². The minimum absolute atomic E-state index is 0.345. The van der Waals surface area contributed by atoms with Gasteiger partial charge in [0.25, 0.3) is 5.91 Å². The highest BCUT2D eigenvalue weighted by atomic mass is 79.9. The van der Waals surface area contributed by atoms with E-state index in [9.17, 15) is 4.79 Å². The van der Waals surface area contributed by atoms with Crippen LogP contribution in [0.3, 0.4) is 0 Å². The molecule has 0 bridgehead atoms. The summed E-state index contributed by atoms with van der Waals surface area (Å²) in [5, 5.41) is 7.93. The van der Waals surface area contributed by atoms with Gasteiger partial charge in [0, 0.05) is 5.56 Å². The number of aromatic nitrogens is 4. The molecule has 2 N–H and O–H groups in total. The summed E-state index contributed by atoms with van der Waals surface area (Å²) in [5.41, 5.74) is 3.81. The van der Waals surface area contributed by atoms with Gasteiger partial charge >= 0.3 is 0 Å². The number of carbonyl (C=O) groups is 1. The Hall–Kier alpha value is -3.82. The quantitative estimate of drug-likeness (QED) is 0.246. The minimum Gasteiger partial charge on any atom is -0.497 e. The van der Waals surface area contributed by atoms with Gasteiger partial charge in [-0.15, -0.1) is 0 Å². The Kier molecular flexibility index (Phi) is 6.67. The lowest BCUT2D eigenvalue weighted by Crippen LogP contribution is -2.13. The van der Waals surface area contributed by atoms with Crippen molar-refractivity contribution in [1.82, 2.24) is 19.7 Å². The molecule has 0 radical (unpaired) electrons. The van der Waals surface area contributed by atoms with Gasteiger partial charge in [0.2, 0.25) is 0 Å². The van der Waals surface area contributed by atoms with Crippen molar-refractivity contribution in [3.8, 4) is 23.0 Å². The third-order valence-corrected chi connectivity index (χ3v) is 6.69. The van der Waals surface area contributed by atoms with E-state index in [2.05, 4.69) is 26.2 Å². The lowest BCUT2D eigenvalue weighted by molar-refractivity contribution is 0.102. The molecular weight excluding hydrogens is 546 g/mol. The lowest BCUT2D eigenvalue weighted by Gasteiger charge is -2.07. The zero-order valence-corrected chi connectivity index (χ0v) is 21.7. The average molecular weight is 567 g/mol. The molecule has 182 valence electrons. The normalized spacial score (nSPS) is 11.0. The number of hydrogen-bond acceptors (Lipinski definition) is 5. The maximum absolute atomic E-state index is 13.0. The Morgan fingerprint density at radius 1 is 1.08 bits per heavy atom. The van der Waals surface area contributed by atoms with Crippen LogP contribution in [0, 0.1) is 0 Å². The lowest BCUT2D eigenvalue weighted by atomic mass is 10.2. The summed E-state index contributed by atoms with van der Waals surface area (Å²) in [6.45, 7) is 0.444. The third kappa shape index (κ3) is 4.67. The molecule has 0 atom stereocenters. The molecule has 3 aromatic carbocycles. The zero-order chi connectivity index (χ0) is 25.2. The number of rotatable bonds is 7. The molecule has 0 aliphatic heterocycles. The van der Waals surface area contributed by atoms with Crippen molar-refractivity contribution in [2.75, 3.05) is 19.5 Å². The van der Waals surface area contributed by atoms with Crippen LogP contribution in [0.15, 0.2) is 71.2 Å². The predicted octanol–water partition coefficient (Wildman–Crippen LogP) is 6.16. The summed E-state index contributed by atoms with van der Waals surface area (Å²) in [5.74, 6) is 1.88. The molecular formula is C26H21BrClN5O3. The van der Waals surface area contributed by atoms with Crippen molar-refractivity contribution in [1.29, 1.82) is 0 Å². The Bertz CT molecular complexity index is 1530. The Labute approximate surface area is 220 Å². The van der Waals surface area contributed by atoms with Crippen LogP contribution in [0.1, 0.15) is 15.9 Å². The number of fused-ring (bicyclic) bond motifs is 1. The van der Waals surface area contributed by atoms with Crippen LogP contribution in [0.5, 0.6) is 11.5 Å². The van der Waals surface area contributed by atoms with E-state index in [1.165, 1.54) is 7.11 Å². The van der Waals surface area contributed by atoms with Crippen molar-refractivity contribution in [3.05, 3.63) is 87.4 Å². The molecule has 36 heavy (non-hydrogen) atoms. The van der Waals surface area contributed by atoms with Gasteiger partial charge < -0.3 is 19.8 Å². The van der Waals surface area contributed by atoms with E-state index in [-0.39, 0.29) is 5.91 Å². The second-order valence-electron chi connectivity index (χ2n) is 7.92. The van der Waals surface area contributed by atoms with Crippen LogP contribution in [-0.2, 0) is 6.54 Å². The summed E-state index contributed by atoms with van der Waals surface area (Å²) in [6, 6.07) is 20.3. The molecule has 0 aliphatic carbocycles. The first-order valence-corrected chi connectivity index (χ1v) is 12.1. The number of benzene rings is 3. The zero-order valence-electron chi connectivity index (χ0n) is 19.4. The van der Waals surface area contributed by atoms with Crippen molar-refractivity contribution < 1.29 is 14.3 Å². The number of amides is 1. The van der Waals surface area contributed by atoms with Crippen molar-refractivity contribution in [2.24, 2.45) is 0 Å². The fraction of sp³-hybridized carbons (Fsp3) is 0.115. The monoisotopic (exact) mass is 565 g/mol. The number of carbonyl (C=O) groups excluding carboxylic acids is 1. The number of ether oxygens (including phenoxy) is 2. The van der Waals surface area contributed by atoms with Crippen LogP contribution in [0.4, 0.5) is 5.82 Å². The van der Waals surface area contributed by atoms with Crippen LogP contribution >= 0.6 is 27.5 Å². The number of imidazole rings is 1. The molecule has 0 saturated heterocycles. The van der Waals surface area contributed by atoms with E-state index in [0.29, 0.717) is 44.7 Å². The Morgan fingerprint density at radius 2 is 1.86 bits per heavy atom. The highest BCUT2D eigenvalue weighted by Crippen LogP contribution is 2.35. The molecule has 0 unspecified atom stereocenters. The first-order chi connectivity index (χ1) is 17.5. The number of para-hydroxylation sites is 2. The number of methoxy groups -OCH3 is 2. The van der Waals surface area contributed by atoms with Crippen molar-refractivity contribution in [2.45, 2.75) is 6.54 Å². The molecule has 0 saturated carbocycles. The highest BCUT2D eigenvalue weighted by Gasteiger charge is 2.23. The standard InChI is InChI=1S/C26H21BrClN5O3/c1-35-17-10-7-15(8-11-17)14-33-23(25-29-19-5-3-4-6-20(19)30-25)22(27)24(32-33)31-26(34)16-9-12-21(36-2)18(28)13-16/h3-13H,14H2,1-2H3,(H,29,30)(H,31,32,34). The van der Waals surface area contributed by atoms with E-state index in [1.807, 2.05) is 48.5 Å². The van der Waals surface area contributed by atoms with Gasteiger partial charge in [-0.25, -0.2) is 4.98 Å². The number of H-pyrrole nitrogens is 1. The second kappa shape index (κ2) is 10.0. The Morgan fingerprint density at radius 3 is 2.56 bits per heavy atom. The fourth-order valence-corrected chi connectivity index (χ4v) is 4.65. The SMILES string of the molecule is COc1ccc(Cn2nc(NC(=O)c3ccc(OC)c(Cl)c3)c(Br)c2-c2nc3ccccc3[nH]2)cc1. The first kappa shape index (κ1) is 23.9. The van der Waals surface area contributed by atoms with Crippen LogP contribution in [0.2, 0.25) is 5.02 Å². The third-order valence-electron chi connectivity index (χ3n) is 5.65. The summed E-state index contributed by atoms with van der Waals surface area (Å²) in [6.07, 6.45) is 0. The molecule has 0 aliphatic rings. The van der Waals surface area contributed by atoms with Crippen LogP contribution in [-0.4, -0.2) is 39.9 Å². The maximum Gasteiger partial charge on any atom is 0.256 e. The van der Waals surface area contributed by atoms with Gasteiger partial charge in [-0.2, -0.15) is 5.10 Å². The number of aromatic amines is 1. The molecule has 10 heteroatoms. The van der Waals surface area contributed by atoms with Gasteiger partial charge in [0.1, 0.15) is 17.2 Å². The maximum atomic E-state index is 13.0. The summed E-state index contributed by atoms with van der Waals surface area (Å²) >= 11 is 9.86. The second-order valence-corrected chi connectivity index (χ2v) is 9.12. The van der Waals surface area contributed by atoms with Crippen LogP contribution in [0.25, 0.3) is 22.6 Å². The van der Waals surface area contributed by atoms with Gasteiger partial charge in [-0.1, -0.05) is 35.9 Å². The van der Waals surface area contributed by atoms with Crippen molar-refractivity contribution in [3.63, 3.8) is 0 Å². The smallest absolute Gasteiger partial charge is 0.256 e. The van der Waals surface area contributed by atoms with E-state index < -0.39 is 0 Å². The number of halogens is 2. The number of nitrogens with zero attached hydrogens (tertiary/aromatic N) is 3. The first-order valence-electron chi connectivity index (χ1n) is 11.0. The molecule has 5 rings (SSSR count).